The Morgan fingerprint density at radius 1 is 1.53 bits per heavy atom. The van der Waals surface area contributed by atoms with Crippen molar-refractivity contribution in [2.45, 2.75) is 20.3 Å². The van der Waals surface area contributed by atoms with Gasteiger partial charge in [-0.05, 0) is 24.1 Å². The van der Waals surface area contributed by atoms with E-state index in [1.54, 1.807) is 12.1 Å². The van der Waals surface area contributed by atoms with Gasteiger partial charge in [0.2, 0.25) is 0 Å². The van der Waals surface area contributed by atoms with Gasteiger partial charge in [-0.15, -0.1) is 0 Å². The Hall–Kier alpha value is -1.84. The van der Waals surface area contributed by atoms with Crippen LogP contribution in [0.15, 0.2) is 24.3 Å². The molecule has 0 saturated carbocycles. The predicted octanol–water partition coefficient (Wildman–Crippen LogP) is 3.41. The molecule has 0 fully saturated rings. The zero-order valence-electron chi connectivity index (χ0n) is 11.6. The number of hydrogen-bond acceptors (Lipinski definition) is 2. The minimum absolute atomic E-state index is 0.315. The molecule has 0 amide bonds. The number of aliphatic carboxylic acids is 1. The summed E-state index contributed by atoms with van der Waals surface area (Å²) in [6.45, 7) is 5.03. The molecule has 0 saturated heterocycles. The summed E-state index contributed by atoms with van der Waals surface area (Å²) in [6.07, 6.45) is 3.30. The summed E-state index contributed by atoms with van der Waals surface area (Å²) in [4.78, 5) is 12.5. The lowest BCUT2D eigenvalue weighted by molar-refractivity contribution is -0.131. The van der Waals surface area contributed by atoms with E-state index in [0.29, 0.717) is 17.2 Å². The summed E-state index contributed by atoms with van der Waals surface area (Å²) < 4.78 is 13.8. The zero-order chi connectivity index (χ0) is 14.4. The van der Waals surface area contributed by atoms with Crippen LogP contribution in [0.1, 0.15) is 25.8 Å². The van der Waals surface area contributed by atoms with Crippen molar-refractivity contribution >= 4 is 17.7 Å². The van der Waals surface area contributed by atoms with Crippen LogP contribution in [0.25, 0.3) is 6.08 Å². The summed E-state index contributed by atoms with van der Waals surface area (Å²) in [6, 6.07) is 4.77. The molecule has 0 aliphatic rings. The first kappa shape index (κ1) is 15.2. The lowest BCUT2D eigenvalue weighted by Crippen LogP contribution is -2.24. The van der Waals surface area contributed by atoms with Gasteiger partial charge in [-0.2, -0.15) is 0 Å². The highest BCUT2D eigenvalue weighted by molar-refractivity contribution is 5.87. The molecular formula is C15H20FNO2. The van der Waals surface area contributed by atoms with Crippen LogP contribution >= 0.6 is 0 Å². The molecular weight excluding hydrogens is 245 g/mol. The largest absolute Gasteiger partial charge is 0.478 e. The summed E-state index contributed by atoms with van der Waals surface area (Å²) in [7, 11) is 1.89. The third kappa shape index (κ3) is 4.39. The second-order valence-electron chi connectivity index (χ2n) is 4.74. The van der Waals surface area contributed by atoms with Gasteiger partial charge in [0.25, 0.3) is 0 Å². The molecule has 1 atom stereocenters. The Morgan fingerprint density at radius 2 is 2.21 bits per heavy atom. The summed E-state index contributed by atoms with van der Waals surface area (Å²) in [5, 5.41) is 8.66. The first-order valence-electron chi connectivity index (χ1n) is 6.36. The monoisotopic (exact) mass is 265 g/mol. The van der Waals surface area contributed by atoms with Crippen molar-refractivity contribution in [3.63, 3.8) is 0 Å². The van der Waals surface area contributed by atoms with Crippen LogP contribution < -0.4 is 4.90 Å². The molecule has 1 rings (SSSR count). The van der Waals surface area contributed by atoms with Gasteiger partial charge < -0.3 is 10.0 Å². The van der Waals surface area contributed by atoms with Crippen LogP contribution in [-0.2, 0) is 4.79 Å². The normalized spacial score (nSPS) is 12.6. The number of carboxylic acid groups (broad SMARTS) is 1. The number of carboxylic acids is 1. The number of anilines is 1. The third-order valence-corrected chi connectivity index (χ3v) is 3.12. The number of hydrogen-bond donors (Lipinski definition) is 1. The van der Waals surface area contributed by atoms with E-state index < -0.39 is 11.8 Å². The topological polar surface area (TPSA) is 40.5 Å². The smallest absolute Gasteiger partial charge is 0.328 e. The van der Waals surface area contributed by atoms with Crippen molar-refractivity contribution < 1.29 is 14.3 Å². The number of rotatable bonds is 6. The molecule has 1 aromatic carbocycles. The van der Waals surface area contributed by atoms with Gasteiger partial charge in [-0.1, -0.05) is 26.3 Å². The average molecular weight is 265 g/mol. The molecule has 0 heterocycles. The van der Waals surface area contributed by atoms with E-state index in [2.05, 4.69) is 13.8 Å². The molecule has 0 aliphatic heterocycles. The quantitative estimate of drug-likeness (QED) is 0.801. The second kappa shape index (κ2) is 6.92. The highest BCUT2D eigenvalue weighted by Crippen LogP contribution is 2.24. The van der Waals surface area contributed by atoms with E-state index in [0.717, 1.165) is 19.0 Å². The standard InChI is InChI=1S/C15H20FNO2/c1-4-11(2)10-17(3)14-7-5-6-13(16)12(14)8-9-15(18)19/h5-9,11H,4,10H2,1-3H3,(H,18,19)/b9-8+. The Labute approximate surface area is 113 Å². The molecule has 0 aliphatic carbocycles. The molecule has 0 aromatic heterocycles. The molecule has 4 heteroatoms. The summed E-state index contributed by atoms with van der Waals surface area (Å²) in [5.74, 6) is -1.01. The maximum absolute atomic E-state index is 13.8. The average Bonchev–Trinajstić information content (AvgIpc) is 2.36. The van der Waals surface area contributed by atoms with E-state index in [4.69, 9.17) is 5.11 Å². The van der Waals surface area contributed by atoms with E-state index in [1.807, 2.05) is 11.9 Å². The molecule has 0 radical (unpaired) electrons. The van der Waals surface area contributed by atoms with Crippen molar-refractivity contribution in [1.82, 2.24) is 0 Å². The SMILES string of the molecule is CCC(C)CN(C)c1cccc(F)c1/C=C/C(=O)O. The first-order chi connectivity index (χ1) is 8.95. The van der Waals surface area contributed by atoms with Crippen molar-refractivity contribution in [2.75, 3.05) is 18.5 Å². The number of carbonyl (C=O) groups is 1. The molecule has 19 heavy (non-hydrogen) atoms. The van der Waals surface area contributed by atoms with Crippen LogP contribution in [0.3, 0.4) is 0 Å². The molecule has 0 bridgehead atoms. The Balaban J connectivity index is 3.06. The van der Waals surface area contributed by atoms with E-state index in [-0.39, 0.29) is 0 Å². The van der Waals surface area contributed by atoms with Gasteiger partial charge >= 0.3 is 5.97 Å². The Morgan fingerprint density at radius 3 is 2.79 bits per heavy atom. The minimum atomic E-state index is -1.08. The van der Waals surface area contributed by atoms with Crippen LogP contribution in [0, 0.1) is 11.7 Å². The van der Waals surface area contributed by atoms with E-state index in [9.17, 15) is 9.18 Å². The highest BCUT2D eigenvalue weighted by Gasteiger charge is 2.12. The van der Waals surface area contributed by atoms with Crippen LogP contribution in [-0.4, -0.2) is 24.7 Å². The third-order valence-electron chi connectivity index (χ3n) is 3.12. The van der Waals surface area contributed by atoms with Crippen LogP contribution in [0.5, 0.6) is 0 Å². The fourth-order valence-electron chi connectivity index (χ4n) is 1.87. The maximum Gasteiger partial charge on any atom is 0.328 e. The van der Waals surface area contributed by atoms with E-state index >= 15 is 0 Å². The van der Waals surface area contributed by atoms with Crippen molar-refractivity contribution in [1.29, 1.82) is 0 Å². The Kier molecular flexibility index (Phi) is 5.55. The van der Waals surface area contributed by atoms with Crippen LogP contribution in [0.2, 0.25) is 0 Å². The first-order valence-corrected chi connectivity index (χ1v) is 6.36. The van der Waals surface area contributed by atoms with Crippen molar-refractivity contribution in [3.8, 4) is 0 Å². The van der Waals surface area contributed by atoms with Gasteiger partial charge in [0.15, 0.2) is 0 Å². The van der Waals surface area contributed by atoms with Gasteiger partial charge in [-0.3, -0.25) is 0 Å². The number of nitrogens with zero attached hydrogens (tertiary/aromatic N) is 1. The van der Waals surface area contributed by atoms with Crippen molar-refractivity contribution in [2.24, 2.45) is 5.92 Å². The predicted molar refractivity (Wildman–Crippen MR) is 75.8 cm³/mol. The lowest BCUT2D eigenvalue weighted by Gasteiger charge is -2.24. The second-order valence-corrected chi connectivity index (χ2v) is 4.74. The van der Waals surface area contributed by atoms with Crippen molar-refractivity contribution in [3.05, 3.63) is 35.7 Å². The lowest BCUT2D eigenvalue weighted by atomic mass is 10.1. The molecule has 0 spiro atoms. The Bertz CT molecular complexity index is 471. The molecule has 1 aromatic rings. The zero-order valence-corrected chi connectivity index (χ0v) is 11.6. The fraction of sp³-hybridized carbons (Fsp3) is 0.400. The number of benzene rings is 1. The molecule has 1 unspecified atom stereocenters. The highest BCUT2D eigenvalue weighted by atomic mass is 19.1. The van der Waals surface area contributed by atoms with Gasteiger partial charge in [-0.25, -0.2) is 9.18 Å². The summed E-state index contributed by atoms with van der Waals surface area (Å²) >= 11 is 0. The summed E-state index contributed by atoms with van der Waals surface area (Å²) in [5.41, 5.74) is 1.02. The van der Waals surface area contributed by atoms with Gasteiger partial charge in [0.1, 0.15) is 5.82 Å². The van der Waals surface area contributed by atoms with Gasteiger partial charge in [0, 0.05) is 30.9 Å². The molecule has 1 N–H and O–H groups in total. The minimum Gasteiger partial charge on any atom is -0.478 e. The van der Waals surface area contributed by atoms with Crippen LogP contribution in [0.4, 0.5) is 10.1 Å². The van der Waals surface area contributed by atoms with E-state index in [1.165, 1.54) is 12.1 Å². The maximum atomic E-state index is 13.8. The molecule has 104 valence electrons. The molecule has 3 nitrogen and oxygen atoms in total. The fourth-order valence-corrected chi connectivity index (χ4v) is 1.87. The van der Waals surface area contributed by atoms with Gasteiger partial charge in [0.05, 0.1) is 0 Å². The number of halogens is 1.